The predicted molar refractivity (Wildman–Crippen MR) is 68.6 cm³/mol. The first kappa shape index (κ1) is 13.0. The van der Waals surface area contributed by atoms with Gasteiger partial charge in [-0.2, -0.15) is 0 Å². The molecule has 3 N–H and O–H groups in total. The van der Waals surface area contributed by atoms with Crippen molar-refractivity contribution < 1.29 is 5.11 Å². The molecule has 16 heavy (non-hydrogen) atoms. The van der Waals surface area contributed by atoms with Gasteiger partial charge in [-0.25, -0.2) is 0 Å². The second kappa shape index (κ2) is 5.35. The van der Waals surface area contributed by atoms with Crippen LogP contribution in [0.5, 0.6) is 5.75 Å². The number of rotatable bonds is 4. The van der Waals surface area contributed by atoms with E-state index in [4.69, 9.17) is 5.73 Å². The van der Waals surface area contributed by atoms with Gasteiger partial charge in [-0.3, -0.25) is 0 Å². The molecule has 0 amide bonds. The number of nitrogens with two attached hydrogens (primary N) is 1. The van der Waals surface area contributed by atoms with E-state index in [1.54, 1.807) is 6.07 Å². The zero-order valence-corrected chi connectivity index (χ0v) is 10.6. The highest BCUT2D eigenvalue weighted by Gasteiger charge is 2.12. The summed E-state index contributed by atoms with van der Waals surface area (Å²) >= 11 is 0. The minimum Gasteiger partial charge on any atom is -0.508 e. The van der Waals surface area contributed by atoms with Crippen LogP contribution in [0.3, 0.4) is 0 Å². The second-order valence-corrected chi connectivity index (χ2v) is 5.59. The molecule has 1 rings (SSSR count). The first-order valence-corrected chi connectivity index (χ1v) is 5.93. The lowest BCUT2D eigenvalue weighted by Crippen LogP contribution is -2.09. The third kappa shape index (κ3) is 4.23. The van der Waals surface area contributed by atoms with Crippen molar-refractivity contribution in [3.05, 3.63) is 29.3 Å². The fourth-order valence-corrected chi connectivity index (χ4v) is 1.85. The summed E-state index contributed by atoms with van der Waals surface area (Å²) in [6, 6.07) is 5.91. The van der Waals surface area contributed by atoms with Crippen molar-refractivity contribution in [1.82, 2.24) is 0 Å². The molecule has 1 aromatic rings. The van der Waals surface area contributed by atoms with Crippen LogP contribution in [-0.4, -0.2) is 11.7 Å². The molecule has 0 saturated carbocycles. The van der Waals surface area contributed by atoms with Crippen molar-refractivity contribution >= 4 is 0 Å². The Balaban J connectivity index is 2.81. The average molecular weight is 221 g/mol. The summed E-state index contributed by atoms with van der Waals surface area (Å²) in [5.41, 5.74) is 8.07. The molecule has 0 aromatic heterocycles. The number of aromatic hydroxyl groups is 1. The molecule has 0 spiro atoms. The zero-order chi connectivity index (χ0) is 12.2. The Hall–Kier alpha value is -1.02. The van der Waals surface area contributed by atoms with E-state index in [0.29, 0.717) is 12.3 Å². The van der Waals surface area contributed by atoms with Crippen LogP contribution in [0, 0.1) is 5.41 Å². The van der Waals surface area contributed by atoms with Crippen molar-refractivity contribution in [3.63, 3.8) is 0 Å². The lowest BCUT2D eigenvalue weighted by molar-refractivity contribution is 0.410. The van der Waals surface area contributed by atoms with Crippen molar-refractivity contribution in [3.8, 4) is 5.75 Å². The number of aryl methyl sites for hydroxylation is 1. The van der Waals surface area contributed by atoms with Gasteiger partial charge in [0.15, 0.2) is 0 Å². The SMILES string of the molecule is CC(C)(C)Cc1ccc(O)c(CCCN)c1. The Kier molecular flexibility index (Phi) is 4.36. The van der Waals surface area contributed by atoms with Gasteiger partial charge in [0.1, 0.15) is 5.75 Å². The molecule has 0 atom stereocenters. The predicted octanol–water partition coefficient (Wildman–Crippen LogP) is 2.87. The average Bonchev–Trinajstić information content (AvgIpc) is 2.17. The summed E-state index contributed by atoms with van der Waals surface area (Å²) in [6.07, 6.45) is 2.82. The molecule has 0 saturated heterocycles. The Labute approximate surface area is 98.5 Å². The van der Waals surface area contributed by atoms with Crippen LogP contribution in [0.2, 0.25) is 0 Å². The van der Waals surface area contributed by atoms with E-state index in [0.717, 1.165) is 24.8 Å². The van der Waals surface area contributed by atoms with Crippen LogP contribution < -0.4 is 5.73 Å². The minimum absolute atomic E-state index is 0.280. The van der Waals surface area contributed by atoms with Crippen LogP contribution in [0.15, 0.2) is 18.2 Å². The van der Waals surface area contributed by atoms with Crippen LogP contribution in [0.4, 0.5) is 0 Å². The highest BCUT2D eigenvalue weighted by molar-refractivity contribution is 5.36. The summed E-state index contributed by atoms with van der Waals surface area (Å²) < 4.78 is 0. The van der Waals surface area contributed by atoms with Crippen molar-refractivity contribution in [2.75, 3.05) is 6.54 Å². The molecular formula is C14H23NO. The van der Waals surface area contributed by atoms with Crippen LogP contribution in [0.1, 0.15) is 38.3 Å². The summed E-state index contributed by atoms with van der Waals surface area (Å²) in [7, 11) is 0. The third-order valence-corrected chi connectivity index (χ3v) is 2.53. The van der Waals surface area contributed by atoms with E-state index < -0.39 is 0 Å². The summed E-state index contributed by atoms with van der Waals surface area (Å²) in [5.74, 6) is 0.395. The first-order chi connectivity index (χ1) is 7.42. The second-order valence-electron chi connectivity index (χ2n) is 5.59. The molecule has 0 unspecified atom stereocenters. The van der Waals surface area contributed by atoms with Gasteiger partial charge in [-0.05, 0) is 48.4 Å². The summed E-state index contributed by atoms with van der Waals surface area (Å²) in [4.78, 5) is 0. The van der Waals surface area contributed by atoms with Gasteiger partial charge in [-0.1, -0.05) is 32.9 Å². The minimum atomic E-state index is 0.280. The van der Waals surface area contributed by atoms with Gasteiger partial charge >= 0.3 is 0 Å². The largest absolute Gasteiger partial charge is 0.508 e. The van der Waals surface area contributed by atoms with E-state index in [-0.39, 0.29) is 5.41 Å². The Morgan fingerprint density at radius 2 is 1.94 bits per heavy atom. The number of hydrogen-bond donors (Lipinski definition) is 2. The molecule has 0 radical (unpaired) electrons. The maximum atomic E-state index is 9.72. The zero-order valence-electron chi connectivity index (χ0n) is 10.6. The number of phenols is 1. The maximum Gasteiger partial charge on any atom is 0.118 e. The van der Waals surface area contributed by atoms with Crippen LogP contribution in [-0.2, 0) is 12.8 Å². The van der Waals surface area contributed by atoms with Gasteiger partial charge in [0.05, 0.1) is 0 Å². The van der Waals surface area contributed by atoms with Gasteiger partial charge in [0.2, 0.25) is 0 Å². The molecular weight excluding hydrogens is 198 g/mol. The highest BCUT2D eigenvalue weighted by Crippen LogP contribution is 2.25. The fraction of sp³-hybridized carbons (Fsp3) is 0.571. The molecule has 1 aromatic carbocycles. The topological polar surface area (TPSA) is 46.2 Å². The maximum absolute atomic E-state index is 9.72. The molecule has 90 valence electrons. The summed E-state index contributed by atoms with van der Waals surface area (Å²) in [5, 5.41) is 9.72. The van der Waals surface area contributed by atoms with Crippen molar-refractivity contribution in [1.29, 1.82) is 0 Å². The lowest BCUT2D eigenvalue weighted by atomic mass is 9.87. The van der Waals surface area contributed by atoms with Gasteiger partial charge in [0, 0.05) is 0 Å². The van der Waals surface area contributed by atoms with Crippen LogP contribution in [0.25, 0.3) is 0 Å². The highest BCUT2D eigenvalue weighted by atomic mass is 16.3. The van der Waals surface area contributed by atoms with E-state index in [9.17, 15) is 5.11 Å². The van der Waals surface area contributed by atoms with Crippen molar-refractivity contribution in [2.24, 2.45) is 11.1 Å². The molecule has 0 aliphatic carbocycles. The number of hydrogen-bond acceptors (Lipinski definition) is 2. The normalized spacial score (nSPS) is 11.8. The third-order valence-electron chi connectivity index (χ3n) is 2.53. The number of benzene rings is 1. The van der Waals surface area contributed by atoms with Gasteiger partial charge < -0.3 is 10.8 Å². The van der Waals surface area contributed by atoms with Crippen LogP contribution >= 0.6 is 0 Å². The van der Waals surface area contributed by atoms with Crippen molar-refractivity contribution in [2.45, 2.75) is 40.0 Å². The van der Waals surface area contributed by atoms with Gasteiger partial charge in [0.25, 0.3) is 0 Å². The standard InChI is InChI=1S/C14H23NO/c1-14(2,3)10-11-6-7-13(16)12(9-11)5-4-8-15/h6-7,9,16H,4-5,8,10,15H2,1-3H3. The molecule has 0 heterocycles. The quantitative estimate of drug-likeness (QED) is 0.821. The molecule has 2 nitrogen and oxygen atoms in total. The number of phenolic OH excluding ortho intramolecular Hbond substituents is 1. The molecule has 0 fully saturated rings. The Morgan fingerprint density at radius 3 is 2.50 bits per heavy atom. The van der Waals surface area contributed by atoms with E-state index in [1.807, 2.05) is 6.07 Å². The smallest absolute Gasteiger partial charge is 0.118 e. The van der Waals surface area contributed by atoms with E-state index >= 15 is 0 Å². The molecule has 2 heteroatoms. The Morgan fingerprint density at radius 1 is 1.25 bits per heavy atom. The fourth-order valence-electron chi connectivity index (χ4n) is 1.85. The lowest BCUT2D eigenvalue weighted by Gasteiger charge is -2.18. The molecule has 0 bridgehead atoms. The van der Waals surface area contributed by atoms with E-state index in [2.05, 4.69) is 26.8 Å². The molecule has 0 aliphatic heterocycles. The van der Waals surface area contributed by atoms with Gasteiger partial charge in [-0.15, -0.1) is 0 Å². The first-order valence-electron chi connectivity index (χ1n) is 5.93. The summed E-state index contributed by atoms with van der Waals surface area (Å²) in [6.45, 7) is 7.33. The monoisotopic (exact) mass is 221 g/mol. The Bertz CT molecular complexity index is 339. The molecule has 0 aliphatic rings. The van der Waals surface area contributed by atoms with E-state index in [1.165, 1.54) is 5.56 Å².